The Morgan fingerprint density at radius 1 is 1.46 bits per heavy atom. The second-order valence-corrected chi connectivity index (χ2v) is 7.76. The number of likely N-dealkylation sites (tertiary alicyclic amines) is 1. The molecular formula is C17H17ClN6OS. The van der Waals surface area contributed by atoms with Gasteiger partial charge in [-0.25, -0.2) is 9.97 Å². The summed E-state index contributed by atoms with van der Waals surface area (Å²) in [5, 5.41) is 26.0. The van der Waals surface area contributed by atoms with Crippen molar-refractivity contribution in [2.75, 3.05) is 13.1 Å². The molecule has 1 unspecified atom stereocenters. The molecule has 1 N–H and O–H groups in total. The number of nitriles is 1. The summed E-state index contributed by atoms with van der Waals surface area (Å²) in [6, 6.07) is 4.17. The van der Waals surface area contributed by atoms with Gasteiger partial charge in [0, 0.05) is 24.8 Å². The molecule has 134 valence electrons. The molecule has 1 atom stereocenters. The minimum absolute atomic E-state index is 0.200. The summed E-state index contributed by atoms with van der Waals surface area (Å²) in [5.74, 6) is 0. The molecule has 3 aromatic heterocycles. The third kappa shape index (κ3) is 2.77. The fourth-order valence-electron chi connectivity index (χ4n) is 3.40. The smallest absolute Gasteiger partial charge is 0.223 e. The maximum Gasteiger partial charge on any atom is 0.223 e. The summed E-state index contributed by atoms with van der Waals surface area (Å²) >= 11 is 7.62. The van der Waals surface area contributed by atoms with E-state index in [2.05, 4.69) is 21.1 Å². The van der Waals surface area contributed by atoms with Gasteiger partial charge in [0.15, 0.2) is 0 Å². The summed E-state index contributed by atoms with van der Waals surface area (Å²) in [6.07, 6.45) is 4.16. The Hall–Kier alpha value is -2.05. The first-order valence-corrected chi connectivity index (χ1v) is 9.57. The van der Waals surface area contributed by atoms with Gasteiger partial charge in [0.2, 0.25) is 5.28 Å². The number of rotatable bonds is 5. The Labute approximate surface area is 159 Å². The Morgan fingerprint density at radius 3 is 3.00 bits per heavy atom. The van der Waals surface area contributed by atoms with Crippen LogP contribution in [0.4, 0.5) is 0 Å². The molecule has 0 saturated carbocycles. The van der Waals surface area contributed by atoms with Gasteiger partial charge >= 0.3 is 0 Å². The van der Waals surface area contributed by atoms with Crippen molar-refractivity contribution in [1.29, 1.82) is 5.26 Å². The van der Waals surface area contributed by atoms with Crippen LogP contribution in [0.3, 0.4) is 0 Å². The number of hydrogen-bond acceptors (Lipinski definition) is 7. The van der Waals surface area contributed by atoms with E-state index in [-0.39, 0.29) is 5.28 Å². The molecule has 7 nitrogen and oxygen atoms in total. The number of hydrogen-bond donors (Lipinski definition) is 1. The van der Waals surface area contributed by atoms with E-state index in [9.17, 15) is 10.4 Å². The van der Waals surface area contributed by atoms with Gasteiger partial charge < -0.3 is 5.11 Å². The molecule has 0 amide bonds. The molecule has 3 aromatic rings. The van der Waals surface area contributed by atoms with E-state index in [4.69, 9.17) is 11.6 Å². The van der Waals surface area contributed by atoms with Crippen LogP contribution >= 0.6 is 22.9 Å². The van der Waals surface area contributed by atoms with E-state index in [1.807, 2.05) is 34.1 Å². The van der Waals surface area contributed by atoms with Gasteiger partial charge in [0.1, 0.15) is 11.8 Å². The van der Waals surface area contributed by atoms with Crippen LogP contribution < -0.4 is 0 Å². The predicted octanol–water partition coefficient (Wildman–Crippen LogP) is 2.86. The van der Waals surface area contributed by atoms with Gasteiger partial charge in [-0.2, -0.15) is 10.4 Å². The van der Waals surface area contributed by atoms with Gasteiger partial charge in [0.25, 0.3) is 0 Å². The topological polar surface area (TPSA) is 90.9 Å². The minimum atomic E-state index is -0.483. The zero-order valence-electron chi connectivity index (χ0n) is 14.1. The predicted molar refractivity (Wildman–Crippen MR) is 99.7 cm³/mol. The second-order valence-electron chi connectivity index (χ2n) is 6.50. The molecule has 1 aliphatic rings. The number of aliphatic hydroxyl groups excluding tert-OH is 1. The highest BCUT2D eigenvalue weighted by molar-refractivity contribution is 7.17. The number of aromatic nitrogens is 4. The van der Waals surface area contributed by atoms with Crippen LogP contribution in [-0.4, -0.2) is 49.1 Å². The first-order chi connectivity index (χ1) is 12.6. The van der Waals surface area contributed by atoms with Crippen molar-refractivity contribution >= 4 is 33.2 Å². The number of thiophene rings is 1. The first kappa shape index (κ1) is 17.4. The van der Waals surface area contributed by atoms with E-state index in [1.54, 1.807) is 17.5 Å². The maximum atomic E-state index is 10.0. The van der Waals surface area contributed by atoms with Crippen molar-refractivity contribution in [2.45, 2.75) is 31.5 Å². The number of halogens is 1. The molecule has 0 aromatic carbocycles. The number of fused-ring (bicyclic) bond motifs is 1. The Kier molecular flexibility index (Phi) is 4.40. The average Bonchev–Trinajstić information content (AvgIpc) is 3.25. The van der Waals surface area contributed by atoms with Crippen molar-refractivity contribution in [3.05, 3.63) is 29.1 Å². The highest BCUT2D eigenvalue weighted by atomic mass is 35.5. The van der Waals surface area contributed by atoms with Gasteiger partial charge in [0.05, 0.1) is 34.6 Å². The van der Waals surface area contributed by atoms with Crippen molar-refractivity contribution < 1.29 is 5.11 Å². The zero-order chi connectivity index (χ0) is 18.3. The molecule has 1 fully saturated rings. The van der Waals surface area contributed by atoms with E-state index in [0.717, 1.165) is 21.5 Å². The standard InChI is InChI=1S/C17H17ClN6OS/c1-2-13(25)23-9-17(10-23,4-5-19)24-8-11(7-20-24)14-15-12(3-6-26-15)21-16(18)22-14/h3,6-8,13,25H,2,4,9-10H2,1H3. The largest absolute Gasteiger partial charge is 0.378 e. The monoisotopic (exact) mass is 388 g/mol. The minimum Gasteiger partial charge on any atom is -0.378 e. The quantitative estimate of drug-likeness (QED) is 0.676. The second kappa shape index (κ2) is 6.59. The van der Waals surface area contributed by atoms with E-state index < -0.39 is 11.8 Å². The van der Waals surface area contributed by atoms with Gasteiger partial charge in [-0.05, 0) is 29.5 Å². The van der Waals surface area contributed by atoms with Gasteiger partial charge in [-0.3, -0.25) is 9.58 Å². The SMILES string of the molecule is CCC(O)N1CC(CC#N)(n2cc(-c3nc(Cl)nc4ccsc34)cn2)C1. The van der Waals surface area contributed by atoms with Crippen LogP contribution in [0.15, 0.2) is 23.8 Å². The molecule has 0 aliphatic carbocycles. The first-order valence-electron chi connectivity index (χ1n) is 8.31. The fraction of sp³-hybridized carbons (Fsp3) is 0.412. The molecule has 9 heteroatoms. The third-order valence-electron chi connectivity index (χ3n) is 4.81. The molecule has 0 spiro atoms. The van der Waals surface area contributed by atoms with Crippen molar-refractivity contribution in [3.8, 4) is 17.3 Å². The third-order valence-corrected chi connectivity index (χ3v) is 5.89. The van der Waals surface area contributed by atoms with Crippen LogP contribution in [0.5, 0.6) is 0 Å². The van der Waals surface area contributed by atoms with Gasteiger partial charge in [-0.15, -0.1) is 11.3 Å². The van der Waals surface area contributed by atoms with E-state index >= 15 is 0 Å². The lowest BCUT2D eigenvalue weighted by Crippen LogP contribution is -2.65. The highest BCUT2D eigenvalue weighted by Gasteiger charge is 2.47. The average molecular weight is 389 g/mol. The fourth-order valence-corrected chi connectivity index (χ4v) is 4.42. The Balaban J connectivity index is 1.69. The summed E-state index contributed by atoms with van der Waals surface area (Å²) in [6.45, 7) is 3.12. The summed E-state index contributed by atoms with van der Waals surface area (Å²) in [7, 11) is 0. The van der Waals surface area contributed by atoms with Crippen LogP contribution in [0.1, 0.15) is 19.8 Å². The lowest BCUT2D eigenvalue weighted by Gasteiger charge is -2.50. The van der Waals surface area contributed by atoms with Crippen molar-refractivity contribution in [2.24, 2.45) is 0 Å². The van der Waals surface area contributed by atoms with Crippen molar-refractivity contribution in [1.82, 2.24) is 24.6 Å². The molecule has 0 bridgehead atoms. The molecule has 26 heavy (non-hydrogen) atoms. The molecule has 1 saturated heterocycles. The Bertz CT molecular complexity index is 987. The highest BCUT2D eigenvalue weighted by Crippen LogP contribution is 2.36. The van der Waals surface area contributed by atoms with Crippen LogP contribution in [-0.2, 0) is 5.54 Å². The lowest BCUT2D eigenvalue weighted by atomic mass is 9.86. The summed E-state index contributed by atoms with van der Waals surface area (Å²) in [5.41, 5.74) is 1.98. The summed E-state index contributed by atoms with van der Waals surface area (Å²) in [4.78, 5) is 10.6. The van der Waals surface area contributed by atoms with Crippen LogP contribution in [0.2, 0.25) is 5.28 Å². The zero-order valence-corrected chi connectivity index (χ0v) is 15.7. The van der Waals surface area contributed by atoms with Gasteiger partial charge in [-0.1, -0.05) is 6.92 Å². The molecule has 0 radical (unpaired) electrons. The molecule has 4 heterocycles. The number of aliphatic hydroxyl groups is 1. The molecule has 4 rings (SSSR count). The van der Waals surface area contributed by atoms with Crippen molar-refractivity contribution in [3.63, 3.8) is 0 Å². The van der Waals surface area contributed by atoms with Crippen LogP contribution in [0, 0.1) is 11.3 Å². The van der Waals surface area contributed by atoms with E-state index in [0.29, 0.717) is 25.9 Å². The Morgan fingerprint density at radius 2 is 2.27 bits per heavy atom. The van der Waals surface area contributed by atoms with E-state index in [1.165, 1.54) is 0 Å². The molecular weight excluding hydrogens is 372 g/mol. The lowest BCUT2D eigenvalue weighted by molar-refractivity contribution is -0.106. The molecule has 1 aliphatic heterocycles. The number of nitrogens with zero attached hydrogens (tertiary/aromatic N) is 6. The maximum absolute atomic E-state index is 10.0. The summed E-state index contributed by atoms with van der Waals surface area (Å²) < 4.78 is 2.79. The normalized spacial score (nSPS) is 17.8. The van der Waals surface area contributed by atoms with Crippen LogP contribution in [0.25, 0.3) is 21.5 Å².